The highest BCUT2D eigenvalue weighted by Crippen LogP contribution is 2.22. The van der Waals surface area contributed by atoms with Crippen LogP contribution in [0.2, 0.25) is 0 Å². The van der Waals surface area contributed by atoms with Gasteiger partial charge in [0.2, 0.25) is 0 Å². The maximum absolute atomic E-state index is 12.3. The molecule has 3 rings (SSSR count). The first-order valence-electron chi connectivity index (χ1n) is 7.96. The third-order valence-corrected chi connectivity index (χ3v) is 4.18. The van der Waals surface area contributed by atoms with Crippen LogP contribution in [-0.2, 0) is 4.79 Å². The molecule has 2 atom stereocenters. The zero-order valence-electron chi connectivity index (χ0n) is 13.5. The smallest absolute Gasteiger partial charge is 0.336 e. The number of benzene rings is 1. The Morgan fingerprint density at radius 2 is 1.91 bits per heavy atom. The van der Waals surface area contributed by atoms with Crippen LogP contribution in [-0.4, -0.2) is 30.5 Å². The molecule has 0 aliphatic carbocycles. The van der Waals surface area contributed by atoms with Crippen molar-refractivity contribution < 1.29 is 13.9 Å². The van der Waals surface area contributed by atoms with Gasteiger partial charge in [0.1, 0.15) is 11.3 Å². The summed E-state index contributed by atoms with van der Waals surface area (Å²) in [5.41, 5.74) is 0.0599. The summed E-state index contributed by atoms with van der Waals surface area (Å²) in [6.07, 6.45) is 1.16. The zero-order valence-corrected chi connectivity index (χ0v) is 13.5. The van der Waals surface area contributed by atoms with Crippen LogP contribution < -0.4 is 10.4 Å². The zero-order chi connectivity index (χ0) is 16.4. The summed E-state index contributed by atoms with van der Waals surface area (Å²) in [5.74, 6) is 1.58. The lowest BCUT2D eigenvalue weighted by Gasteiger charge is -2.34. The minimum Gasteiger partial charge on any atom is -0.484 e. The average Bonchev–Trinajstić information content (AvgIpc) is 2.51. The molecule has 0 saturated carbocycles. The van der Waals surface area contributed by atoms with E-state index >= 15 is 0 Å². The molecule has 1 aliphatic rings. The molecule has 1 saturated heterocycles. The summed E-state index contributed by atoms with van der Waals surface area (Å²) in [5, 5.41) is 0.821. The second-order valence-corrected chi connectivity index (χ2v) is 6.49. The van der Waals surface area contributed by atoms with Crippen molar-refractivity contribution >= 4 is 16.9 Å². The number of fused-ring (bicyclic) bond motifs is 1. The third kappa shape index (κ3) is 3.73. The van der Waals surface area contributed by atoms with Gasteiger partial charge in [-0.25, -0.2) is 4.79 Å². The van der Waals surface area contributed by atoms with E-state index in [2.05, 4.69) is 13.8 Å². The van der Waals surface area contributed by atoms with E-state index in [4.69, 9.17) is 9.15 Å². The molecule has 1 fully saturated rings. The molecular weight excluding hydrogens is 294 g/mol. The topological polar surface area (TPSA) is 59.8 Å². The van der Waals surface area contributed by atoms with Crippen LogP contribution in [0.1, 0.15) is 20.3 Å². The lowest BCUT2D eigenvalue weighted by molar-refractivity contribution is -0.136. The Morgan fingerprint density at radius 1 is 1.22 bits per heavy atom. The highest BCUT2D eigenvalue weighted by Gasteiger charge is 2.25. The van der Waals surface area contributed by atoms with Crippen LogP contribution in [0.25, 0.3) is 11.0 Å². The number of amides is 1. The number of hydrogen-bond acceptors (Lipinski definition) is 4. The number of ether oxygens (including phenoxy) is 1. The molecule has 2 aromatic rings. The monoisotopic (exact) mass is 315 g/mol. The molecular formula is C18H21NO4. The number of hydrogen-bond donors (Lipinski definition) is 0. The standard InChI is InChI=1S/C18H21NO4/c1-12-7-13(2)10-19(9-12)17(20)11-22-15-5-3-14-4-6-18(21)23-16(14)8-15/h3-6,8,12-13H,7,9-11H2,1-2H3. The SMILES string of the molecule is CC1CC(C)CN(C(=O)COc2ccc3ccc(=O)oc3c2)C1. The van der Waals surface area contributed by atoms with E-state index in [1.54, 1.807) is 18.2 Å². The molecule has 2 unspecified atom stereocenters. The summed E-state index contributed by atoms with van der Waals surface area (Å²) in [6, 6.07) is 8.31. The van der Waals surface area contributed by atoms with Crippen LogP contribution in [0, 0.1) is 11.8 Å². The van der Waals surface area contributed by atoms with E-state index in [-0.39, 0.29) is 12.5 Å². The van der Waals surface area contributed by atoms with Crippen LogP contribution >= 0.6 is 0 Å². The molecule has 0 N–H and O–H groups in total. The van der Waals surface area contributed by atoms with Gasteiger partial charge >= 0.3 is 5.63 Å². The maximum atomic E-state index is 12.3. The quantitative estimate of drug-likeness (QED) is 0.817. The molecule has 0 radical (unpaired) electrons. The van der Waals surface area contributed by atoms with Gasteiger partial charge in [0.25, 0.3) is 5.91 Å². The number of piperidine rings is 1. The Bertz CT molecular complexity index is 757. The number of carbonyl (C=O) groups excluding carboxylic acids is 1. The molecule has 23 heavy (non-hydrogen) atoms. The van der Waals surface area contributed by atoms with E-state index in [0.29, 0.717) is 23.2 Å². The van der Waals surface area contributed by atoms with Crippen molar-refractivity contribution in [1.29, 1.82) is 0 Å². The second-order valence-electron chi connectivity index (χ2n) is 6.49. The van der Waals surface area contributed by atoms with Crippen LogP contribution in [0.3, 0.4) is 0 Å². The Morgan fingerprint density at radius 3 is 2.65 bits per heavy atom. The minimum absolute atomic E-state index is 0.00184. The van der Waals surface area contributed by atoms with Crippen LogP contribution in [0.15, 0.2) is 39.5 Å². The van der Waals surface area contributed by atoms with Crippen molar-refractivity contribution in [2.75, 3.05) is 19.7 Å². The lowest BCUT2D eigenvalue weighted by atomic mass is 9.92. The predicted molar refractivity (Wildman–Crippen MR) is 87.5 cm³/mol. The van der Waals surface area contributed by atoms with Crippen molar-refractivity contribution in [3.8, 4) is 5.75 Å². The molecule has 1 aliphatic heterocycles. The molecule has 1 amide bonds. The molecule has 5 nitrogen and oxygen atoms in total. The highest BCUT2D eigenvalue weighted by molar-refractivity contribution is 5.79. The molecule has 1 aromatic heterocycles. The van der Waals surface area contributed by atoms with E-state index in [0.717, 1.165) is 24.9 Å². The first kappa shape index (κ1) is 15.6. The van der Waals surface area contributed by atoms with Crippen LogP contribution in [0.5, 0.6) is 5.75 Å². The Hall–Kier alpha value is -2.30. The van der Waals surface area contributed by atoms with Gasteiger partial charge in [-0.2, -0.15) is 0 Å². The van der Waals surface area contributed by atoms with Gasteiger partial charge in [0, 0.05) is 30.6 Å². The van der Waals surface area contributed by atoms with Gasteiger partial charge in [-0.05, 0) is 36.5 Å². The van der Waals surface area contributed by atoms with Crippen molar-refractivity contribution in [2.45, 2.75) is 20.3 Å². The van der Waals surface area contributed by atoms with E-state index < -0.39 is 5.63 Å². The first-order valence-corrected chi connectivity index (χ1v) is 7.96. The summed E-state index contributed by atoms with van der Waals surface area (Å²) in [4.78, 5) is 25.4. The fourth-order valence-electron chi connectivity index (χ4n) is 3.23. The highest BCUT2D eigenvalue weighted by atomic mass is 16.5. The summed E-state index contributed by atoms with van der Waals surface area (Å²) >= 11 is 0. The van der Waals surface area contributed by atoms with Crippen molar-refractivity contribution in [2.24, 2.45) is 11.8 Å². The summed E-state index contributed by atoms with van der Waals surface area (Å²) in [7, 11) is 0. The maximum Gasteiger partial charge on any atom is 0.336 e. The van der Waals surface area contributed by atoms with Gasteiger partial charge in [-0.1, -0.05) is 13.8 Å². The van der Waals surface area contributed by atoms with Gasteiger partial charge in [-0.3, -0.25) is 4.79 Å². The number of likely N-dealkylation sites (tertiary alicyclic amines) is 1. The molecule has 2 heterocycles. The lowest BCUT2D eigenvalue weighted by Crippen LogP contribution is -2.44. The molecule has 1 aromatic carbocycles. The first-order chi connectivity index (χ1) is 11.0. The minimum atomic E-state index is -0.401. The van der Waals surface area contributed by atoms with Gasteiger partial charge in [0.15, 0.2) is 6.61 Å². The average molecular weight is 315 g/mol. The van der Waals surface area contributed by atoms with Gasteiger partial charge in [0.05, 0.1) is 0 Å². The van der Waals surface area contributed by atoms with Crippen molar-refractivity contribution in [1.82, 2.24) is 4.90 Å². The summed E-state index contributed by atoms with van der Waals surface area (Å²) in [6.45, 7) is 5.92. The van der Waals surface area contributed by atoms with Gasteiger partial charge in [-0.15, -0.1) is 0 Å². The van der Waals surface area contributed by atoms with Gasteiger partial charge < -0.3 is 14.1 Å². The molecule has 0 spiro atoms. The number of carbonyl (C=O) groups is 1. The Kier molecular flexibility index (Phi) is 4.37. The molecule has 5 heteroatoms. The third-order valence-electron chi connectivity index (χ3n) is 4.18. The van der Waals surface area contributed by atoms with E-state index in [9.17, 15) is 9.59 Å². The normalized spacial score (nSPS) is 21.4. The van der Waals surface area contributed by atoms with E-state index in [1.165, 1.54) is 6.07 Å². The molecule has 122 valence electrons. The number of nitrogens with zero attached hydrogens (tertiary/aromatic N) is 1. The fraction of sp³-hybridized carbons (Fsp3) is 0.444. The fourth-order valence-corrected chi connectivity index (χ4v) is 3.23. The Labute approximate surface area is 134 Å². The largest absolute Gasteiger partial charge is 0.484 e. The summed E-state index contributed by atoms with van der Waals surface area (Å²) < 4.78 is 10.7. The van der Waals surface area contributed by atoms with E-state index in [1.807, 2.05) is 11.0 Å². The molecule has 0 bridgehead atoms. The predicted octanol–water partition coefficient (Wildman–Crippen LogP) is 2.68. The Balaban J connectivity index is 1.65. The van der Waals surface area contributed by atoms with Crippen molar-refractivity contribution in [3.05, 3.63) is 40.8 Å². The van der Waals surface area contributed by atoms with Crippen molar-refractivity contribution in [3.63, 3.8) is 0 Å². The van der Waals surface area contributed by atoms with Crippen LogP contribution in [0.4, 0.5) is 0 Å². The second kappa shape index (κ2) is 6.44. The number of rotatable bonds is 3.